The van der Waals surface area contributed by atoms with E-state index in [2.05, 4.69) is 0 Å². The van der Waals surface area contributed by atoms with Gasteiger partial charge in [-0.3, -0.25) is 0 Å². The molecular weight excluding hydrogens is 280 g/mol. The van der Waals surface area contributed by atoms with E-state index >= 15 is 0 Å². The maximum Gasteiger partial charge on any atom is 0.419 e. The van der Waals surface area contributed by atoms with E-state index in [0.29, 0.717) is 6.07 Å². The number of rotatable bonds is 3. The number of hydrogen-bond acceptors (Lipinski definition) is 2. The molecule has 2 aromatic rings. The second-order valence-corrected chi connectivity index (χ2v) is 5.07. The lowest BCUT2D eigenvalue weighted by molar-refractivity contribution is -0.140. The van der Waals surface area contributed by atoms with Crippen molar-refractivity contribution in [3.63, 3.8) is 0 Å². The van der Waals surface area contributed by atoms with Crippen molar-refractivity contribution in [2.24, 2.45) is 0 Å². The highest BCUT2D eigenvalue weighted by Crippen LogP contribution is 2.33. The van der Waals surface area contributed by atoms with Crippen molar-refractivity contribution in [3.05, 3.63) is 57.5 Å². The van der Waals surface area contributed by atoms with Gasteiger partial charge in [0.15, 0.2) is 0 Å². The third-order valence-electron chi connectivity index (χ3n) is 2.66. The Morgan fingerprint density at radius 2 is 1.95 bits per heavy atom. The minimum absolute atomic E-state index is 0.0575. The van der Waals surface area contributed by atoms with E-state index < -0.39 is 23.7 Å². The van der Waals surface area contributed by atoms with Gasteiger partial charge >= 0.3 is 6.18 Å². The van der Waals surface area contributed by atoms with E-state index in [9.17, 15) is 22.7 Å². The van der Waals surface area contributed by atoms with E-state index in [4.69, 9.17) is 0 Å². The Morgan fingerprint density at radius 1 is 1.21 bits per heavy atom. The number of benzene rings is 1. The molecule has 102 valence electrons. The Hall–Kier alpha value is -1.40. The molecule has 0 aliphatic heterocycles. The standard InChI is InChI=1S/C13H10F4OS/c14-11-4-3-8(6-10(11)13(15,16)17)12(18)7-9-2-1-5-19-9/h1-6,12,18H,7H2. The summed E-state index contributed by atoms with van der Waals surface area (Å²) in [5.41, 5.74) is -1.29. The van der Waals surface area contributed by atoms with Crippen LogP contribution in [-0.4, -0.2) is 5.11 Å². The Labute approximate surface area is 111 Å². The molecule has 0 spiro atoms. The maximum atomic E-state index is 13.1. The van der Waals surface area contributed by atoms with Gasteiger partial charge in [-0.15, -0.1) is 11.3 Å². The second-order valence-electron chi connectivity index (χ2n) is 4.04. The molecule has 1 heterocycles. The first-order valence-electron chi connectivity index (χ1n) is 5.45. The largest absolute Gasteiger partial charge is 0.419 e. The Morgan fingerprint density at radius 3 is 2.53 bits per heavy atom. The zero-order valence-electron chi connectivity index (χ0n) is 9.62. The molecule has 1 N–H and O–H groups in total. The molecule has 19 heavy (non-hydrogen) atoms. The smallest absolute Gasteiger partial charge is 0.388 e. The van der Waals surface area contributed by atoms with Gasteiger partial charge in [0.2, 0.25) is 0 Å². The van der Waals surface area contributed by atoms with Crippen molar-refractivity contribution in [2.75, 3.05) is 0 Å². The van der Waals surface area contributed by atoms with Gasteiger partial charge in [-0.2, -0.15) is 13.2 Å². The highest BCUT2D eigenvalue weighted by molar-refractivity contribution is 7.09. The first kappa shape index (κ1) is 14.0. The first-order valence-corrected chi connectivity index (χ1v) is 6.33. The summed E-state index contributed by atoms with van der Waals surface area (Å²) in [6.45, 7) is 0. The summed E-state index contributed by atoms with van der Waals surface area (Å²) >= 11 is 1.40. The van der Waals surface area contributed by atoms with Gasteiger partial charge in [-0.1, -0.05) is 12.1 Å². The summed E-state index contributed by atoms with van der Waals surface area (Å²) in [7, 11) is 0. The minimum atomic E-state index is -4.76. The van der Waals surface area contributed by atoms with Crippen LogP contribution >= 0.6 is 11.3 Å². The number of thiophene rings is 1. The van der Waals surface area contributed by atoms with E-state index in [1.165, 1.54) is 17.4 Å². The lowest BCUT2D eigenvalue weighted by atomic mass is 10.0. The van der Waals surface area contributed by atoms with Crippen molar-refractivity contribution >= 4 is 11.3 Å². The summed E-state index contributed by atoms with van der Waals surface area (Å²) < 4.78 is 50.8. The molecule has 0 saturated heterocycles. The van der Waals surface area contributed by atoms with Crippen LogP contribution in [0.15, 0.2) is 35.7 Å². The topological polar surface area (TPSA) is 20.2 Å². The summed E-state index contributed by atoms with van der Waals surface area (Å²) in [4.78, 5) is 0.852. The molecule has 1 aromatic carbocycles. The molecule has 1 nitrogen and oxygen atoms in total. The van der Waals surface area contributed by atoms with Gasteiger partial charge in [-0.25, -0.2) is 4.39 Å². The van der Waals surface area contributed by atoms with E-state index in [-0.39, 0.29) is 12.0 Å². The second kappa shape index (κ2) is 5.30. The number of aliphatic hydroxyl groups excluding tert-OH is 1. The Balaban J connectivity index is 2.25. The van der Waals surface area contributed by atoms with Gasteiger partial charge in [0, 0.05) is 11.3 Å². The highest BCUT2D eigenvalue weighted by atomic mass is 32.1. The highest BCUT2D eigenvalue weighted by Gasteiger charge is 2.34. The molecule has 0 bridgehead atoms. The van der Waals surface area contributed by atoms with Crippen LogP contribution in [0.25, 0.3) is 0 Å². The predicted octanol–water partition coefficient (Wildman–Crippen LogP) is 4.18. The molecule has 1 atom stereocenters. The monoisotopic (exact) mass is 290 g/mol. The fourth-order valence-corrected chi connectivity index (χ4v) is 2.45. The van der Waals surface area contributed by atoms with Crippen LogP contribution < -0.4 is 0 Å². The SMILES string of the molecule is OC(Cc1cccs1)c1ccc(F)c(C(F)(F)F)c1. The van der Waals surface area contributed by atoms with Gasteiger partial charge < -0.3 is 5.11 Å². The van der Waals surface area contributed by atoms with Gasteiger partial charge in [0.05, 0.1) is 11.7 Å². The van der Waals surface area contributed by atoms with Crippen LogP contribution in [0.1, 0.15) is 22.1 Å². The van der Waals surface area contributed by atoms with Crippen molar-refractivity contribution in [3.8, 4) is 0 Å². The minimum Gasteiger partial charge on any atom is -0.388 e. The Bertz CT molecular complexity index is 548. The molecule has 6 heteroatoms. The normalized spacial score (nSPS) is 13.5. The van der Waals surface area contributed by atoms with Crippen molar-refractivity contribution in [1.29, 1.82) is 0 Å². The van der Waals surface area contributed by atoms with E-state index in [1.54, 1.807) is 12.1 Å². The first-order chi connectivity index (χ1) is 8.88. The molecule has 1 unspecified atom stereocenters. The summed E-state index contributed by atoms with van der Waals surface area (Å²) in [6.07, 6.45) is -5.64. The summed E-state index contributed by atoms with van der Waals surface area (Å²) in [6, 6.07) is 6.13. The average molecular weight is 290 g/mol. The molecule has 1 aromatic heterocycles. The molecule has 0 radical (unpaired) electrons. The fourth-order valence-electron chi connectivity index (χ4n) is 1.70. The van der Waals surface area contributed by atoms with Crippen LogP contribution in [0.4, 0.5) is 17.6 Å². The summed E-state index contributed by atoms with van der Waals surface area (Å²) in [5, 5.41) is 11.7. The fraction of sp³-hybridized carbons (Fsp3) is 0.231. The van der Waals surface area contributed by atoms with Crippen molar-refractivity contribution < 1.29 is 22.7 Å². The quantitative estimate of drug-likeness (QED) is 0.841. The molecule has 0 fully saturated rings. The van der Waals surface area contributed by atoms with Crippen LogP contribution in [0.5, 0.6) is 0 Å². The lowest BCUT2D eigenvalue weighted by Crippen LogP contribution is -2.10. The molecule has 0 amide bonds. The van der Waals surface area contributed by atoms with Crippen LogP contribution in [-0.2, 0) is 12.6 Å². The van der Waals surface area contributed by atoms with E-state index in [1.807, 2.05) is 5.38 Å². The zero-order chi connectivity index (χ0) is 14.0. The molecule has 0 aliphatic rings. The van der Waals surface area contributed by atoms with Crippen LogP contribution in [0.3, 0.4) is 0 Å². The van der Waals surface area contributed by atoms with Crippen LogP contribution in [0.2, 0.25) is 0 Å². The molecule has 0 aliphatic carbocycles. The molecule has 0 saturated carbocycles. The third kappa shape index (κ3) is 3.33. The van der Waals surface area contributed by atoms with Gasteiger partial charge in [0.25, 0.3) is 0 Å². The van der Waals surface area contributed by atoms with Crippen molar-refractivity contribution in [1.82, 2.24) is 0 Å². The average Bonchev–Trinajstić information content (AvgIpc) is 2.80. The predicted molar refractivity (Wildman–Crippen MR) is 64.4 cm³/mol. The molecular formula is C13H10F4OS. The Kier molecular flexibility index (Phi) is 3.91. The number of alkyl halides is 3. The summed E-state index contributed by atoms with van der Waals surface area (Å²) in [5.74, 6) is -1.33. The number of halogens is 4. The van der Waals surface area contributed by atoms with E-state index in [0.717, 1.165) is 10.9 Å². The maximum absolute atomic E-state index is 13.1. The number of hydrogen-bond donors (Lipinski definition) is 1. The van der Waals surface area contributed by atoms with Crippen molar-refractivity contribution in [2.45, 2.75) is 18.7 Å². The van der Waals surface area contributed by atoms with Gasteiger partial charge in [-0.05, 0) is 29.1 Å². The third-order valence-corrected chi connectivity index (χ3v) is 3.55. The lowest BCUT2D eigenvalue weighted by Gasteiger charge is -2.13. The zero-order valence-corrected chi connectivity index (χ0v) is 10.4. The molecule has 2 rings (SSSR count). The number of aliphatic hydroxyl groups is 1. The van der Waals surface area contributed by atoms with Gasteiger partial charge in [0.1, 0.15) is 5.82 Å². The van der Waals surface area contributed by atoms with Crippen LogP contribution in [0, 0.1) is 5.82 Å².